The predicted molar refractivity (Wildman–Crippen MR) is 76.3 cm³/mol. The molecule has 6 nitrogen and oxygen atoms in total. The van der Waals surface area contributed by atoms with Crippen LogP contribution in [0.5, 0.6) is 0 Å². The Morgan fingerprint density at radius 1 is 1.32 bits per heavy atom. The van der Waals surface area contributed by atoms with Crippen LogP contribution in [0.15, 0.2) is 12.1 Å². The van der Waals surface area contributed by atoms with Gasteiger partial charge in [0.05, 0.1) is 15.7 Å². The van der Waals surface area contributed by atoms with E-state index in [2.05, 4.69) is 5.32 Å². The van der Waals surface area contributed by atoms with E-state index < -0.39 is 34.9 Å². The van der Waals surface area contributed by atoms with Gasteiger partial charge in [-0.2, -0.15) is 0 Å². The average molecular weight is 297 g/mol. The zero-order valence-corrected chi connectivity index (χ0v) is 11.4. The molecule has 2 aliphatic heterocycles. The largest absolute Gasteiger partial charge is 0.398 e. The monoisotopic (exact) mass is 297 g/mol. The first-order valence-electron chi connectivity index (χ1n) is 6.58. The normalized spacial score (nSPS) is 23.4. The van der Waals surface area contributed by atoms with Crippen molar-refractivity contribution < 1.29 is 18.8 Å². The number of carbonyl (C=O) groups excluding carboxylic acids is 3. The lowest BCUT2D eigenvalue weighted by molar-refractivity contribution is -0.137. The van der Waals surface area contributed by atoms with Gasteiger partial charge in [-0.05, 0) is 29.5 Å². The van der Waals surface area contributed by atoms with Crippen LogP contribution in [-0.2, 0) is 14.9 Å². The lowest BCUT2D eigenvalue weighted by Gasteiger charge is -2.40. The Hall–Kier alpha value is -2.31. The van der Waals surface area contributed by atoms with E-state index >= 15 is 0 Å². The van der Waals surface area contributed by atoms with Crippen molar-refractivity contribution in [1.82, 2.24) is 10.2 Å². The second-order valence-electron chi connectivity index (χ2n) is 5.38. The van der Waals surface area contributed by atoms with E-state index in [1.807, 2.05) is 0 Å². The first kappa shape index (κ1) is 14.6. The Morgan fingerprint density at radius 3 is 2.64 bits per heavy atom. The fourth-order valence-electron chi connectivity index (χ4n) is 2.99. The van der Waals surface area contributed by atoms with Crippen molar-refractivity contribution in [3.05, 3.63) is 29.1 Å². The summed E-state index contributed by atoms with van der Waals surface area (Å²) in [5.41, 5.74) is 5.66. The van der Waals surface area contributed by atoms with Gasteiger partial charge in [0.1, 0.15) is 11.9 Å². The summed E-state index contributed by atoms with van der Waals surface area (Å²) in [7, 11) is 12.0. The van der Waals surface area contributed by atoms with Gasteiger partial charge in [0.25, 0.3) is 5.91 Å². The van der Waals surface area contributed by atoms with E-state index in [0.717, 1.165) is 17.0 Å². The molecule has 1 unspecified atom stereocenters. The SMILES string of the molecule is [B]C1([B])c2c(N)cc(F)cc2C(=O)N1C1CCC(=O)NC1=O. The van der Waals surface area contributed by atoms with Crippen LogP contribution in [0.25, 0.3) is 0 Å². The van der Waals surface area contributed by atoms with Crippen molar-refractivity contribution in [2.24, 2.45) is 0 Å². The summed E-state index contributed by atoms with van der Waals surface area (Å²) in [5, 5.41) is 0.275. The summed E-state index contributed by atoms with van der Waals surface area (Å²) in [4.78, 5) is 36.7. The van der Waals surface area contributed by atoms with Crippen molar-refractivity contribution >= 4 is 39.1 Å². The van der Waals surface area contributed by atoms with Gasteiger partial charge in [-0.15, -0.1) is 0 Å². The van der Waals surface area contributed by atoms with Gasteiger partial charge < -0.3 is 10.6 Å². The highest BCUT2D eigenvalue weighted by Gasteiger charge is 2.49. The molecule has 0 aliphatic carbocycles. The molecule has 3 rings (SSSR count). The minimum Gasteiger partial charge on any atom is -0.398 e. The minimum atomic E-state index is -1.85. The summed E-state index contributed by atoms with van der Waals surface area (Å²) in [6, 6.07) is 0.971. The molecule has 108 valence electrons. The molecule has 1 saturated heterocycles. The number of fused-ring (bicyclic) bond motifs is 1. The Kier molecular flexibility index (Phi) is 3.05. The van der Waals surface area contributed by atoms with E-state index in [9.17, 15) is 18.8 Å². The van der Waals surface area contributed by atoms with Crippen LogP contribution >= 0.6 is 0 Å². The van der Waals surface area contributed by atoms with E-state index in [0.29, 0.717) is 0 Å². The molecule has 1 aromatic rings. The fraction of sp³-hybridized carbons (Fsp3) is 0.308. The number of nitrogen functional groups attached to an aromatic ring is 1. The number of amides is 3. The smallest absolute Gasteiger partial charge is 0.254 e. The molecule has 1 aromatic carbocycles. The van der Waals surface area contributed by atoms with Crippen LogP contribution in [0.2, 0.25) is 0 Å². The van der Waals surface area contributed by atoms with Gasteiger partial charge in [-0.3, -0.25) is 19.7 Å². The first-order valence-corrected chi connectivity index (χ1v) is 6.58. The number of nitrogens with zero attached hydrogens (tertiary/aromatic N) is 1. The Labute approximate surface area is 128 Å². The van der Waals surface area contributed by atoms with Crippen LogP contribution in [0, 0.1) is 5.82 Å². The lowest BCUT2D eigenvalue weighted by Crippen LogP contribution is -2.59. The summed E-state index contributed by atoms with van der Waals surface area (Å²) in [5.74, 6) is -2.50. The predicted octanol–water partition coefficient (Wildman–Crippen LogP) is -0.884. The molecule has 0 saturated carbocycles. The number of nitrogens with two attached hydrogens (primary N) is 1. The molecule has 3 amide bonds. The Bertz CT molecular complexity index is 723. The fourth-order valence-corrected chi connectivity index (χ4v) is 2.99. The molecule has 9 heteroatoms. The molecule has 1 fully saturated rings. The van der Waals surface area contributed by atoms with Crippen LogP contribution in [-0.4, -0.2) is 44.4 Å². The zero-order chi connectivity index (χ0) is 16.2. The highest BCUT2D eigenvalue weighted by Crippen LogP contribution is 2.41. The van der Waals surface area contributed by atoms with E-state index in [-0.39, 0.29) is 29.7 Å². The summed E-state index contributed by atoms with van der Waals surface area (Å²) in [6.45, 7) is 0. The third-order valence-corrected chi connectivity index (χ3v) is 3.90. The number of carbonyl (C=O) groups is 3. The molecule has 22 heavy (non-hydrogen) atoms. The van der Waals surface area contributed by atoms with Crippen LogP contribution in [0.3, 0.4) is 0 Å². The van der Waals surface area contributed by atoms with E-state index in [1.54, 1.807) is 0 Å². The zero-order valence-electron chi connectivity index (χ0n) is 11.4. The van der Waals surface area contributed by atoms with E-state index in [1.165, 1.54) is 0 Å². The number of nitrogens with one attached hydrogen (secondary N) is 1. The maximum absolute atomic E-state index is 13.5. The third-order valence-electron chi connectivity index (χ3n) is 3.90. The van der Waals surface area contributed by atoms with Crippen molar-refractivity contribution in [2.45, 2.75) is 24.2 Å². The van der Waals surface area contributed by atoms with Crippen molar-refractivity contribution in [3.8, 4) is 0 Å². The number of rotatable bonds is 1. The van der Waals surface area contributed by atoms with E-state index in [4.69, 9.17) is 21.4 Å². The van der Waals surface area contributed by atoms with Gasteiger partial charge in [-0.25, -0.2) is 4.39 Å². The molecule has 2 aliphatic rings. The van der Waals surface area contributed by atoms with Crippen LogP contribution < -0.4 is 11.1 Å². The maximum atomic E-state index is 13.5. The highest BCUT2D eigenvalue weighted by molar-refractivity contribution is 6.43. The summed E-state index contributed by atoms with van der Waals surface area (Å²) >= 11 is 0. The third kappa shape index (κ3) is 1.92. The maximum Gasteiger partial charge on any atom is 0.254 e. The van der Waals surface area contributed by atoms with Gasteiger partial charge in [0.15, 0.2) is 0 Å². The molecule has 0 spiro atoms. The van der Waals surface area contributed by atoms with Gasteiger partial charge in [0.2, 0.25) is 11.8 Å². The number of halogens is 1. The molecule has 4 radical (unpaired) electrons. The average Bonchev–Trinajstić information content (AvgIpc) is 2.58. The van der Waals surface area contributed by atoms with Gasteiger partial charge in [-0.1, -0.05) is 0 Å². The van der Waals surface area contributed by atoms with Gasteiger partial charge in [0, 0.05) is 17.7 Å². The highest BCUT2D eigenvalue weighted by atomic mass is 19.1. The van der Waals surface area contributed by atoms with Crippen LogP contribution in [0.4, 0.5) is 10.1 Å². The Morgan fingerprint density at radius 2 is 2.00 bits per heavy atom. The van der Waals surface area contributed by atoms with Crippen LogP contribution in [0.1, 0.15) is 28.8 Å². The standard InChI is InChI=1S/C13H10B2FN3O3/c14-13(15)10-6(3-5(16)4-7(10)17)12(22)19(13)8-1-2-9(20)18-11(8)21/h3-4,8H,1-2,17H2,(H,18,20,21). The molecule has 2 heterocycles. The molecule has 3 N–H and O–H groups in total. The number of hydrogen-bond acceptors (Lipinski definition) is 4. The van der Waals surface area contributed by atoms with Crippen molar-refractivity contribution in [3.63, 3.8) is 0 Å². The molecular formula is C13H10B2FN3O3. The van der Waals surface area contributed by atoms with Crippen molar-refractivity contribution in [2.75, 3.05) is 5.73 Å². The number of benzene rings is 1. The second-order valence-corrected chi connectivity index (χ2v) is 5.38. The lowest BCUT2D eigenvalue weighted by atomic mass is 9.57. The number of hydrogen-bond donors (Lipinski definition) is 2. The topological polar surface area (TPSA) is 92.5 Å². The summed E-state index contributed by atoms with van der Waals surface area (Å²) in [6.07, 6.45) is 0.138. The van der Waals surface area contributed by atoms with Crippen molar-refractivity contribution in [1.29, 1.82) is 0 Å². The quantitative estimate of drug-likeness (QED) is 0.400. The number of piperidine rings is 1. The molecule has 1 atom stereocenters. The molecular weight excluding hydrogens is 287 g/mol. The molecule has 0 aromatic heterocycles. The number of imide groups is 1. The minimum absolute atomic E-state index is 0.0520. The second kappa shape index (κ2) is 4.59. The number of anilines is 1. The first-order chi connectivity index (χ1) is 10.2. The Balaban J connectivity index is 2.08. The summed E-state index contributed by atoms with van der Waals surface area (Å²) < 4.78 is 13.5. The van der Waals surface area contributed by atoms with Gasteiger partial charge >= 0.3 is 0 Å². The molecule has 0 bridgehead atoms.